The minimum atomic E-state index is -0.643. The number of hydrogen-bond donors (Lipinski definition) is 6. The SMILES string of the molecule is Brc1ccsc1-c1cc(NCc2cccnc2)n2ncc(Br)c2n1.C#Cc1cnn2c(NCc3cccnc3)cc(-c3ccccc3)nc12.CC(O)c1cc(NCc2cccnc2)n2ncc(Br)c2n1.CO[n+]1cccc(CNc2cc(-c3sccc3Br)nc3c(Br)cnn23)c1.Cc1ccsc1-c1cc(NCc2cccnc2)n2ncc(Br)c2n1. The molecule has 600 valence electrons. The molecule has 6 N–H and O–H groups in total. The Morgan fingerprint density at radius 1 is 0.417 bits per heavy atom. The summed E-state index contributed by atoms with van der Waals surface area (Å²) in [4.78, 5) is 48.4. The molecule has 1 unspecified atom stereocenters. The van der Waals surface area contributed by atoms with Crippen molar-refractivity contribution >= 4 is 187 Å². The lowest BCUT2D eigenvalue weighted by atomic mass is 10.1. The zero-order valence-corrected chi connectivity index (χ0v) is 75.6. The predicted octanol–water partition coefficient (Wildman–Crippen LogP) is 19.4. The van der Waals surface area contributed by atoms with Crippen molar-refractivity contribution in [1.29, 1.82) is 0 Å². The lowest BCUT2D eigenvalue weighted by Crippen LogP contribution is -2.40. The average molecular weight is 2040 g/mol. The normalized spacial score (nSPS) is 11.2. The quantitative estimate of drug-likeness (QED) is 0.0288. The maximum Gasteiger partial charge on any atom is 0.227 e. The highest BCUT2D eigenvalue weighted by molar-refractivity contribution is 9.11. The smallest absolute Gasteiger partial charge is 0.227 e. The number of pyridine rings is 5. The van der Waals surface area contributed by atoms with E-state index < -0.39 is 6.10 Å². The molecule has 0 saturated carbocycles. The molecule has 0 fully saturated rings. The Hall–Kier alpha value is -11.6. The number of anilines is 5. The molecule has 18 aromatic heterocycles. The number of thiophene rings is 3. The molecule has 0 aliphatic heterocycles. The van der Waals surface area contributed by atoms with E-state index in [1.807, 2.05) is 174 Å². The fraction of sp³-hybridized carbons (Fsp3) is 0.107. The van der Waals surface area contributed by atoms with Crippen molar-refractivity contribution < 1.29 is 14.7 Å². The number of rotatable bonds is 21. The number of aliphatic hydroxyl groups is 1. The van der Waals surface area contributed by atoms with Crippen LogP contribution in [-0.2, 0) is 32.7 Å². The van der Waals surface area contributed by atoms with Gasteiger partial charge in [0.1, 0.15) is 36.2 Å². The van der Waals surface area contributed by atoms with Crippen LogP contribution in [0.3, 0.4) is 0 Å². The van der Waals surface area contributed by atoms with Gasteiger partial charge in [-0.3, -0.25) is 24.8 Å². The van der Waals surface area contributed by atoms with Crippen LogP contribution in [0.25, 0.3) is 71.2 Å². The van der Waals surface area contributed by atoms with Gasteiger partial charge in [0, 0.05) is 143 Å². The van der Waals surface area contributed by atoms with Crippen LogP contribution >= 0.6 is 130 Å². The Labute approximate surface area is 749 Å². The van der Waals surface area contributed by atoms with Crippen molar-refractivity contribution in [2.24, 2.45) is 0 Å². The van der Waals surface area contributed by atoms with E-state index in [4.69, 9.17) is 31.2 Å². The van der Waals surface area contributed by atoms with E-state index in [1.165, 1.54) is 10.4 Å². The first-order valence-corrected chi connectivity index (χ1v) is 44.1. The Balaban J connectivity index is 0.000000117. The molecule has 0 radical (unpaired) electrons. The molecule has 18 heterocycles. The second-order valence-electron chi connectivity index (χ2n) is 26.2. The molecule has 0 bridgehead atoms. The highest BCUT2D eigenvalue weighted by Gasteiger charge is 2.20. The highest BCUT2D eigenvalue weighted by atomic mass is 79.9. The Bertz CT molecular complexity index is 6580. The van der Waals surface area contributed by atoms with Gasteiger partial charge in [-0.15, -0.1) is 40.4 Å². The van der Waals surface area contributed by atoms with Gasteiger partial charge in [-0.05, 0) is 202 Å². The van der Waals surface area contributed by atoms with E-state index in [0.29, 0.717) is 55.3 Å². The lowest BCUT2D eigenvalue weighted by Gasteiger charge is -2.11. The minimum absolute atomic E-state index is 0.595. The summed E-state index contributed by atoms with van der Waals surface area (Å²) in [6, 6.07) is 45.8. The lowest BCUT2D eigenvalue weighted by molar-refractivity contribution is -0.885. The number of halogens is 6. The van der Waals surface area contributed by atoms with E-state index in [1.54, 1.807) is 139 Å². The molecule has 120 heavy (non-hydrogen) atoms. The number of nitrogens with zero attached hydrogens (tertiary/aromatic N) is 20. The number of benzene rings is 1. The van der Waals surface area contributed by atoms with Crippen LogP contribution in [0.1, 0.15) is 57.7 Å². The van der Waals surface area contributed by atoms with E-state index >= 15 is 0 Å². The maximum absolute atomic E-state index is 9.78. The van der Waals surface area contributed by atoms with Crippen molar-refractivity contribution in [1.82, 2.24) is 92.9 Å². The summed E-state index contributed by atoms with van der Waals surface area (Å²) in [6.07, 6.45) is 31.7. The van der Waals surface area contributed by atoms with Crippen LogP contribution in [0.4, 0.5) is 29.1 Å². The third kappa shape index (κ3) is 20.1. The molecule has 0 spiro atoms. The van der Waals surface area contributed by atoms with E-state index in [-0.39, 0.29) is 0 Å². The Morgan fingerprint density at radius 2 is 0.783 bits per heavy atom. The number of aliphatic hydroxyl groups excluding tert-OH is 1. The summed E-state index contributed by atoms with van der Waals surface area (Å²) >= 11 is 26.2. The van der Waals surface area contributed by atoms with Gasteiger partial charge < -0.3 is 31.7 Å². The predicted molar refractivity (Wildman–Crippen MR) is 493 cm³/mol. The second kappa shape index (κ2) is 39.5. The van der Waals surface area contributed by atoms with Gasteiger partial charge in [-0.25, -0.2) is 24.9 Å². The number of terminal acetylenes is 1. The number of aromatic nitrogens is 20. The highest BCUT2D eigenvalue weighted by Crippen LogP contribution is 2.38. The van der Waals surface area contributed by atoms with Gasteiger partial charge >= 0.3 is 0 Å². The number of hydrogen-bond acceptors (Lipinski definition) is 24. The van der Waals surface area contributed by atoms with Crippen molar-refractivity contribution in [3.63, 3.8) is 0 Å². The third-order valence-electron chi connectivity index (χ3n) is 18.0. The second-order valence-corrected chi connectivity index (χ2v) is 34.0. The number of aryl methyl sites for hydroxylation is 1. The molecule has 0 saturated heterocycles. The summed E-state index contributed by atoms with van der Waals surface area (Å²) in [5.74, 6) is 6.89. The monoisotopic (exact) mass is 2030 g/mol. The Kier molecular flexibility index (Phi) is 27.5. The fourth-order valence-corrected chi connectivity index (χ4v) is 17.4. The summed E-state index contributed by atoms with van der Waals surface area (Å²) in [6.45, 7) is 7.00. The van der Waals surface area contributed by atoms with Crippen LogP contribution in [0.15, 0.2) is 275 Å². The van der Waals surface area contributed by atoms with Gasteiger partial charge in [-0.1, -0.05) is 60.5 Å². The molecule has 27 nitrogen and oxygen atoms in total. The van der Waals surface area contributed by atoms with Gasteiger partial charge in [0.05, 0.1) is 104 Å². The summed E-state index contributed by atoms with van der Waals surface area (Å²) in [7, 11) is 1.63. The third-order valence-corrected chi connectivity index (χ3v) is 25.0. The molecule has 1 aromatic carbocycles. The summed E-state index contributed by atoms with van der Waals surface area (Å²) in [5.41, 5.74) is 16.2. The minimum Gasteiger partial charge on any atom is -0.387 e. The van der Waals surface area contributed by atoms with Crippen LogP contribution in [0.5, 0.6) is 0 Å². The first-order valence-electron chi connectivity index (χ1n) is 36.7. The molecule has 19 rings (SSSR count). The van der Waals surface area contributed by atoms with Crippen molar-refractivity contribution in [2.75, 3.05) is 33.7 Å². The van der Waals surface area contributed by atoms with Crippen LogP contribution < -0.4 is 36.2 Å². The molecule has 0 amide bonds. The molecular formula is C84H68Br6N25O2S3+. The van der Waals surface area contributed by atoms with Gasteiger partial charge in [0.15, 0.2) is 28.2 Å². The zero-order chi connectivity index (χ0) is 83.0. The largest absolute Gasteiger partial charge is 0.387 e. The van der Waals surface area contributed by atoms with E-state index in [9.17, 15) is 5.11 Å². The zero-order valence-electron chi connectivity index (χ0n) is 63.7. The standard InChI is InChI=1S/C20H15N5.C17H14Br2N5OS.C17H14BrN5S.C16H11Br2N5S.C14H14BrN5O/c1-2-16-14-23-25-19(22-13-15-7-6-10-21-12-15)11-18(24-20(16)25)17-8-4-3-5-9-17;1-25-23-5-2-3-11(10-23)8-20-15-7-14(16-12(18)4-6-26-16)22-17-13(19)9-21-24(15)17;1-11-4-6-24-16(11)14-7-15(20-9-12-3-2-5-19-8-12)23-17(22-14)13(18)10-21-23;17-11-3-5-24-15(11)13-6-14(20-8-10-2-1-4-19-7-10)23-16(22-13)12(18)9-21-23;1-9(21)12-5-13(17-7-10-3-2-4-16-6-10)20-14(19-12)11(15)8-18-20/h1,3-12,14,22H,13H2;2-7,9-10,20H,8H2,1H3;2-8,10,20H,9H2,1H3;1-7,9,20H,8H2;2-6,8-9,17,21H,7H2,1H3/q;+1;;;. The summed E-state index contributed by atoms with van der Waals surface area (Å²) in [5, 5.41) is 54.8. The van der Waals surface area contributed by atoms with Crippen molar-refractivity contribution in [3.05, 3.63) is 320 Å². The van der Waals surface area contributed by atoms with Crippen molar-refractivity contribution in [2.45, 2.75) is 52.7 Å². The van der Waals surface area contributed by atoms with E-state index in [2.05, 4.69) is 197 Å². The number of nitrogens with one attached hydrogen (secondary N) is 5. The molecular weight excluding hydrogens is 1970 g/mol. The van der Waals surface area contributed by atoms with Crippen molar-refractivity contribution in [3.8, 4) is 55.3 Å². The van der Waals surface area contributed by atoms with Crippen LogP contribution in [0.2, 0.25) is 0 Å². The van der Waals surface area contributed by atoms with Gasteiger partial charge in [0.2, 0.25) is 12.4 Å². The fourth-order valence-electron chi connectivity index (χ4n) is 12.1. The van der Waals surface area contributed by atoms with Crippen LogP contribution in [0, 0.1) is 19.3 Å². The Morgan fingerprint density at radius 3 is 1.17 bits per heavy atom. The number of fused-ring (bicyclic) bond motifs is 5. The molecule has 1 atom stereocenters. The van der Waals surface area contributed by atoms with Crippen LogP contribution in [-0.4, -0.2) is 105 Å². The maximum atomic E-state index is 9.78. The first-order chi connectivity index (χ1) is 58.6. The summed E-state index contributed by atoms with van der Waals surface area (Å²) < 4.78 is 16.0. The first kappa shape index (κ1) is 83.4. The molecule has 0 aliphatic carbocycles. The van der Waals surface area contributed by atoms with Gasteiger partial charge in [-0.2, -0.15) is 48.1 Å². The molecule has 19 aromatic rings. The van der Waals surface area contributed by atoms with Gasteiger partial charge in [0.25, 0.3) is 0 Å². The molecule has 36 heteroatoms. The van der Waals surface area contributed by atoms with E-state index in [0.717, 1.165) is 139 Å². The molecule has 0 aliphatic rings. The average Bonchev–Trinajstić information content (AvgIpc) is 1.63. The topological polar surface area (TPSA) is 296 Å².